The van der Waals surface area contributed by atoms with Crippen LogP contribution in [0.5, 0.6) is 0 Å². The van der Waals surface area contributed by atoms with Gasteiger partial charge in [-0.1, -0.05) is 121 Å². The zero-order valence-corrected chi connectivity index (χ0v) is 18.4. The standard InChI is InChI=1S/C28H27O2P/c1-5-13-23(14-6-1)27(24-15-7-2-8-16-24)21-29-31-30-22-28(25-17-9-3-10-18-25)26-19-11-4-12-20-26/h1-20,27-28,31H,21-22H2. The second-order valence-electron chi connectivity index (χ2n) is 7.45. The van der Waals surface area contributed by atoms with E-state index in [1.165, 1.54) is 22.3 Å². The van der Waals surface area contributed by atoms with Gasteiger partial charge in [0.1, 0.15) is 0 Å². The van der Waals surface area contributed by atoms with Crippen LogP contribution in [0.4, 0.5) is 0 Å². The average Bonchev–Trinajstić information content (AvgIpc) is 2.86. The molecule has 156 valence electrons. The van der Waals surface area contributed by atoms with Gasteiger partial charge < -0.3 is 9.05 Å². The Hall–Kier alpha value is -2.77. The monoisotopic (exact) mass is 426 g/mol. The molecular formula is C28H27O2P. The van der Waals surface area contributed by atoms with Gasteiger partial charge in [-0.3, -0.25) is 0 Å². The van der Waals surface area contributed by atoms with Crippen LogP contribution in [0.2, 0.25) is 0 Å². The molecule has 0 N–H and O–H groups in total. The third-order valence-electron chi connectivity index (χ3n) is 5.43. The van der Waals surface area contributed by atoms with Gasteiger partial charge in [0.05, 0.1) is 13.2 Å². The molecule has 0 saturated carbocycles. The molecule has 0 atom stereocenters. The van der Waals surface area contributed by atoms with Crippen LogP contribution in [-0.2, 0) is 9.05 Å². The van der Waals surface area contributed by atoms with Crippen LogP contribution < -0.4 is 0 Å². The SMILES string of the molecule is c1ccc(C(COPOCC(c2ccccc2)c2ccccc2)c2ccccc2)cc1. The average molecular weight is 426 g/mol. The minimum Gasteiger partial charge on any atom is -0.335 e. The number of benzene rings is 4. The quantitative estimate of drug-likeness (QED) is 0.197. The molecule has 4 aromatic rings. The molecule has 0 amide bonds. The summed E-state index contributed by atoms with van der Waals surface area (Å²) < 4.78 is 12.1. The van der Waals surface area contributed by atoms with Crippen molar-refractivity contribution in [2.24, 2.45) is 0 Å². The maximum atomic E-state index is 6.03. The van der Waals surface area contributed by atoms with Gasteiger partial charge >= 0.3 is 0 Å². The molecule has 0 spiro atoms. The Balaban J connectivity index is 1.37. The first kappa shape index (κ1) is 21.5. The Bertz CT molecular complexity index is 844. The summed E-state index contributed by atoms with van der Waals surface area (Å²) in [5, 5.41) is 0. The highest BCUT2D eigenvalue weighted by molar-refractivity contribution is 7.26. The predicted octanol–water partition coefficient (Wildman–Crippen LogP) is 7.19. The summed E-state index contributed by atoms with van der Waals surface area (Å²) >= 11 is 0. The largest absolute Gasteiger partial charge is 0.335 e. The Labute approximate surface area is 186 Å². The summed E-state index contributed by atoms with van der Waals surface area (Å²) in [5.41, 5.74) is 5.02. The highest BCUT2D eigenvalue weighted by atomic mass is 31.1. The van der Waals surface area contributed by atoms with E-state index in [1.54, 1.807) is 0 Å². The third-order valence-corrected chi connectivity index (χ3v) is 5.99. The molecule has 4 aromatic carbocycles. The van der Waals surface area contributed by atoms with Crippen LogP contribution in [0, 0.1) is 0 Å². The van der Waals surface area contributed by atoms with Crippen LogP contribution >= 0.6 is 9.03 Å². The topological polar surface area (TPSA) is 18.5 Å². The van der Waals surface area contributed by atoms with E-state index < -0.39 is 0 Å². The van der Waals surface area contributed by atoms with E-state index >= 15 is 0 Å². The fourth-order valence-electron chi connectivity index (χ4n) is 3.79. The molecule has 0 aliphatic carbocycles. The summed E-state index contributed by atoms with van der Waals surface area (Å²) in [5.74, 6) is 0.384. The van der Waals surface area contributed by atoms with Gasteiger partial charge in [0.25, 0.3) is 0 Å². The molecule has 0 aliphatic rings. The van der Waals surface area contributed by atoms with Gasteiger partial charge in [0.2, 0.25) is 0 Å². The van der Waals surface area contributed by atoms with Gasteiger partial charge in [-0.2, -0.15) is 0 Å². The van der Waals surface area contributed by atoms with Gasteiger partial charge in [-0.05, 0) is 22.3 Å². The number of rotatable bonds is 10. The van der Waals surface area contributed by atoms with E-state index in [1.807, 2.05) is 24.3 Å². The van der Waals surface area contributed by atoms with Crippen molar-refractivity contribution in [2.45, 2.75) is 11.8 Å². The molecule has 3 heteroatoms. The summed E-state index contributed by atoms with van der Waals surface area (Å²) in [6, 6.07) is 42.1. The normalized spacial score (nSPS) is 11.2. The zero-order valence-electron chi connectivity index (χ0n) is 17.4. The Kier molecular flexibility index (Phi) is 8.01. The summed E-state index contributed by atoms with van der Waals surface area (Å²) in [7, 11) is -0.00263. The van der Waals surface area contributed by atoms with E-state index in [4.69, 9.17) is 9.05 Å². The Morgan fingerprint density at radius 1 is 0.419 bits per heavy atom. The van der Waals surface area contributed by atoms with Crippen molar-refractivity contribution in [1.82, 2.24) is 0 Å². The van der Waals surface area contributed by atoms with Crippen LogP contribution in [0.3, 0.4) is 0 Å². The third kappa shape index (κ3) is 6.12. The van der Waals surface area contributed by atoms with Crippen molar-refractivity contribution >= 4 is 9.03 Å². The molecule has 0 fully saturated rings. The lowest BCUT2D eigenvalue weighted by atomic mass is 9.92. The highest BCUT2D eigenvalue weighted by Crippen LogP contribution is 2.31. The molecule has 4 rings (SSSR count). The van der Waals surface area contributed by atoms with Crippen molar-refractivity contribution in [3.05, 3.63) is 144 Å². The zero-order chi connectivity index (χ0) is 21.1. The smallest absolute Gasteiger partial charge is 0.155 e. The molecule has 31 heavy (non-hydrogen) atoms. The minimum atomic E-state index is -0.00263. The fourth-order valence-corrected chi connectivity index (χ4v) is 4.34. The summed E-state index contributed by atoms with van der Waals surface area (Å²) in [4.78, 5) is 0. The molecule has 0 unspecified atom stereocenters. The minimum absolute atomic E-state index is 0.00263. The van der Waals surface area contributed by atoms with Crippen molar-refractivity contribution in [1.29, 1.82) is 0 Å². The van der Waals surface area contributed by atoms with E-state index in [0.717, 1.165) is 0 Å². The van der Waals surface area contributed by atoms with Crippen molar-refractivity contribution in [3.63, 3.8) is 0 Å². The highest BCUT2D eigenvalue weighted by Gasteiger charge is 2.16. The van der Waals surface area contributed by atoms with Gasteiger partial charge in [0, 0.05) is 11.8 Å². The van der Waals surface area contributed by atoms with Crippen LogP contribution in [0.15, 0.2) is 121 Å². The lowest BCUT2D eigenvalue weighted by molar-refractivity contribution is 0.254. The second-order valence-corrected chi connectivity index (χ2v) is 8.20. The first-order valence-electron chi connectivity index (χ1n) is 10.6. The number of hydrogen-bond donors (Lipinski definition) is 0. The maximum Gasteiger partial charge on any atom is 0.155 e. The van der Waals surface area contributed by atoms with E-state index in [2.05, 4.69) is 97.1 Å². The van der Waals surface area contributed by atoms with Gasteiger partial charge in [0.15, 0.2) is 9.03 Å². The number of hydrogen-bond acceptors (Lipinski definition) is 2. The molecule has 0 aliphatic heterocycles. The molecule has 2 nitrogen and oxygen atoms in total. The molecule has 0 heterocycles. The van der Waals surface area contributed by atoms with E-state index in [0.29, 0.717) is 13.2 Å². The first-order chi connectivity index (χ1) is 15.4. The molecule has 0 bridgehead atoms. The van der Waals surface area contributed by atoms with E-state index in [9.17, 15) is 0 Å². The van der Waals surface area contributed by atoms with Crippen molar-refractivity contribution in [2.75, 3.05) is 13.2 Å². The van der Waals surface area contributed by atoms with Gasteiger partial charge in [-0.25, -0.2) is 0 Å². The van der Waals surface area contributed by atoms with Gasteiger partial charge in [-0.15, -0.1) is 0 Å². The molecular weight excluding hydrogens is 399 g/mol. The van der Waals surface area contributed by atoms with E-state index in [-0.39, 0.29) is 20.9 Å². The van der Waals surface area contributed by atoms with Crippen LogP contribution in [-0.4, -0.2) is 13.2 Å². The lowest BCUT2D eigenvalue weighted by Crippen LogP contribution is -2.09. The maximum absolute atomic E-state index is 6.03. The summed E-state index contributed by atoms with van der Waals surface area (Å²) in [6.45, 7) is 1.18. The second kappa shape index (κ2) is 11.6. The lowest BCUT2D eigenvalue weighted by Gasteiger charge is -2.20. The summed E-state index contributed by atoms with van der Waals surface area (Å²) in [6.07, 6.45) is 0. The van der Waals surface area contributed by atoms with Crippen molar-refractivity contribution in [3.8, 4) is 0 Å². The fraction of sp³-hybridized carbons (Fsp3) is 0.143. The van der Waals surface area contributed by atoms with Crippen LogP contribution in [0.1, 0.15) is 34.1 Å². The van der Waals surface area contributed by atoms with Crippen LogP contribution in [0.25, 0.3) is 0 Å². The molecule has 0 radical (unpaired) electrons. The Morgan fingerprint density at radius 2 is 0.677 bits per heavy atom. The predicted molar refractivity (Wildman–Crippen MR) is 130 cm³/mol. The first-order valence-corrected chi connectivity index (χ1v) is 11.4. The molecule has 0 saturated heterocycles. The molecule has 0 aromatic heterocycles. The Morgan fingerprint density at radius 3 is 0.935 bits per heavy atom. The van der Waals surface area contributed by atoms with Crippen molar-refractivity contribution < 1.29 is 9.05 Å².